The van der Waals surface area contributed by atoms with Gasteiger partial charge in [-0.15, -0.1) is 0 Å². The average Bonchev–Trinajstić information content (AvgIpc) is 2.28. The molecule has 0 aliphatic rings. The second-order valence-corrected chi connectivity index (χ2v) is 4.87. The molecule has 0 atom stereocenters. The molecule has 0 saturated carbocycles. The fourth-order valence-corrected chi connectivity index (χ4v) is 1.43. The molecule has 7 heteroatoms. The highest BCUT2D eigenvalue weighted by molar-refractivity contribution is 6.34. The maximum Gasteiger partial charge on any atom is 0.270 e. The van der Waals surface area contributed by atoms with Gasteiger partial charge in [-0.05, 0) is 19.9 Å². The van der Waals surface area contributed by atoms with Crippen LogP contribution in [-0.2, 0) is 0 Å². The summed E-state index contributed by atoms with van der Waals surface area (Å²) in [7, 11) is 0. The largest absolute Gasteiger partial charge is 0.346 e. The van der Waals surface area contributed by atoms with Crippen molar-refractivity contribution in [3.05, 3.63) is 38.9 Å². The van der Waals surface area contributed by atoms with Crippen LogP contribution in [-0.4, -0.2) is 22.9 Å². The van der Waals surface area contributed by atoms with E-state index in [1.165, 1.54) is 12.1 Å². The molecule has 0 bridgehead atoms. The van der Waals surface area contributed by atoms with Gasteiger partial charge in [0.25, 0.3) is 11.6 Å². The Labute approximate surface area is 109 Å². The highest BCUT2D eigenvalue weighted by Crippen LogP contribution is 2.22. The summed E-state index contributed by atoms with van der Waals surface area (Å²) in [6.07, 6.45) is 0. The van der Waals surface area contributed by atoms with Crippen LogP contribution in [0.25, 0.3) is 0 Å². The summed E-state index contributed by atoms with van der Waals surface area (Å²) in [5, 5.41) is 13.5. The summed E-state index contributed by atoms with van der Waals surface area (Å²) in [4.78, 5) is 22.0. The van der Waals surface area contributed by atoms with Gasteiger partial charge in [0.05, 0.1) is 15.5 Å². The number of nitro groups is 1. The van der Waals surface area contributed by atoms with Crippen molar-refractivity contribution >= 4 is 23.2 Å². The summed E-state index contributed by atoms with van der Waals surface area (Å²) in [5.74, 6) is -0.487. The van der Waals surface area contributed by atoms with E-state index in [-0.39, 0.29) is 22.8 Å². The van der Waals surface area contributed by atoms with E-state index < -0.39 is 16.4 Å². The van der Waals surface area contributed by atoms with E-state index in [2.05, 4.69) is 5.32 Å². The molecule has 0 fully saturated rings. The topological polar surface area (TPSA) is 98.3 Å². The lowest BCUT2D eigenvalue weighted by Gasteiger charge is -2.24. The van der Waals surface area contributed by atoms with Gasteiger partial charge in [-0.2, -0.15) is 0 Å². The molecular formula is C11H14ClN3O3. The molecule has 0 aliphatic carbocycles. The van der Waals surface area contributed by atoms with Gasteiger partial charge in [-0.25, -0.2) is 0 Å². The fraction of sp³-hybridized carbons (Fsp3) is 0.364. The number of nitrogens with two attached hydrogens (primary N) is 1. The van der Waals surface area contributed by atoms with Gasteiger partial charge in [0.15, 0.2) is 0 Å². The number of halogens is 1. The third kappa shape index (κ3) is 3.41. The molecule has 0 aromatic heterocycles. The van der Waals surface area contributed by atoms with Crippen LogP contribution >= 0.6 is 11.6 Å². The minimum atomic E-state index is -0.606. The summed E-state index contributed by atoms with van der Waals surface area (Å²) >= 11 is 5.85. The Kier molecular flexibility index (Phi) is 4.26. The molecule has 3 N–H and O–H groups in total. The number of carbonyl (C=O) groups excluding carboxylic acids is 1. The third-order valence-corrected chi connectivity index (χ3v) is 2.70. The van der Waals surface area contributed by atoms with Crippen LogP contribution < -0.4 is 11.1 Å². The fourth-order valence-electron chi connectivity index (χ4n) is 1.23. The Bertz CT molecular complexity index is 488. The molecule has 0 aliphatic heterocycles. The first kappa shape index (κ1) is 14.4. The van der Waals surface area contributed by atoms with Crippen molar-refractivity contribution in [1.82, 2.24) is 5.32 Å². The lowest BCUT2D eigenvalue weighted by Crippen LogP contribution is -2.48. The minimum Gasteiger partial charge on any atom is -0.346 e. The Balaban J connectivity index is 3.05. The number of amides is 1. The zero-order chi connectivity index (χ0) is 13.9. The molecule has 0 radical (unpaired) electrons. The van der Waals surface area contributed by atoms with Crippen LogP contribution in [0.4, 0.5) is 5.69 Å². The summed E-state index contributed by atoms with van der Waals surface area (Å²) in [5.41, 5.74) is 4.76. The average molecular weight is 272 g/mol. The van der Waals surface area contributed by atoms with Crippen molar-refractivity contribution in [3.8, 4) is 0 Å². The Morgan fingerprint density at radius 3 is 2.67 bits per heavy atom. The number of non-ortho nitro benzene ring substituents is 1. The Morgan fingerprint density at radius 1 is 1.56 bits per heavy atom. The van der Waals surface area contributed by atoms with Crippen LogP contribution in [0.1, 0.15) is 24.2 Å². The highest BCUT2D eigenvalue weighted by atomic mass is 35.5. The lowest BCUT2D eigenvalue weighted by molar-refractivity contribution is -0.384. The number of hydrogen-bond acceptors (Lipinski definition) is 4. The smallest absolute Gasteiger partial charge is 0.270 e. The number of rotatable bonds is 4. The molecule has 1 amide bonds. The minimum absolute atomic E-state index is 0.0624. The van der Waals surface area contributed by atoms with Crippen molar-refractivity contribution in [2.45, 2.75) is 19.4 Å². The molecule has 0 spiro atoms. The van der Waals surface area contributed by atoms with Crippen LogP contribution in [0.5, 0.6) is 0 Å². The second-order valence-electron chi connectivity index (χ2n) is 4.46. The van der Waals surface area contributed by atoms with Crippen molar-refractivity contribution < 1.29 is 9.72 Å². The lowest BCUT2D eigenvalue weighted by atomic mass is 10.0. The van der Waals surface area contributed by atoms with Gasteiger partial charge in [0.2, 0.25) is 0 Å². The highest BCUT2D eigenvalue weighted by Gasteiger charge is 2.22. The number of nitrogens with zero attached hydrogens (tertiary/aromatic N) is 1. The predicted molar refractivity (Wildman–Crippen MR) is 68.7 cm³/mol. The zero-order valence-electron chi connectivity index (χ0n) is 10.1. The van der Waals surface area contributed by atoms with E-state index >= 15 is 0 Å². The Morgan fingerprint density at radius 2 is 2.17 bits per heavy atom. The molecule has 1 aromatic rings. The van der Waals surface area contributed by atoms with Crippen molar-refractivity contribution in [2.24, 2.45) is 5.73 Å². The number of nitrogens with one attached hydrogen (secondary N) is 1. The summed E-state index contributed by atoms with van der Waals surface area (Å²) in [6.45, 7) is 3.73. The number of nitro benzene ring substituents is 1. The van der Waals surface area contributed by atoms with E-state index in [1.807, 2.05) is 0 Å². The van der Waals surface area contributed by atoms with Gasteiger partial charge >= 0.3 is 0 Å². The maximum atomic E-state index is 11.9. The molecule has 0 saturated heterocycles. The van der Waals surface area contributed by atoms with E-state index in [4.69, 9.17) is 17.3 Å². The van der Waals surface area contributed by atoms with Crippen molar-refractivity contribution in [3.63, 3.8) is 0 Å². The van der Waals surface area contributed by atoms with Gasteiger partial charge in [-0.3, -0.25) is 14.9 Å². The quantitative estimate of drug-likeness (QED) is 0.643. The van der Waals surface area contributed by atoms with Crippen molar-refractivity contribution in [1.29, 1.82) is 0 Å². The van der Waals surface area contributed by atoms with Gasteiger partial charge in [0, 0.05) is 24.2 Å². The molecular weight excluding hydrogens is 258 g/mol. The maximum absolute atomic E-state index is 11.9. The molecule has 0 heterocycles. The van der Waals surface area contributed by atoms with Crippen molar-refractivity contribution in [2.75, 3.05) is 6.54 Å². The first-order valence-corrected chi connectivity index (χ1v) is 5.61. The standard InChI is InChI=1S/C11H14ClN3O3/c1-11(2,6-13)14-10(16)8-5-7(15(17)18)3-4-9(8)12/h3-5H,6,13H2,1-2H3,(H,14,16). The van der Waals surface area contributed by atoms with Crippen LogP contribution in [0.3, 0.4) is 0 Å². The summed E-state index contributed by atoms with van der Waals surface area (Å²) in [6, 6.07) is 3.71. The zero-order valence-corrected chi connectivity index (χ0v) is 10.8. The first-order chi connectivity index (χ1) is 8.26. The molecule has 18 heavy (non-hydrogen) atoms. The van der Waals surface area contributed by atoms with E-state index in [0.717, 1.165) is 6.07 Å². The van der Waals surface area contributed by atoms with Crippen LogP contribution in [0, 0.1) is 10.1 Å². The Hall–Kier alpha value is -1.66. The number of carbonyl (C=O) groups is 1. The van der Waals surface area contributed by atoms with E-state index in [0.29, 0.717) is 0 Å². The number of hydrogen-bond donors (Lipinski definition) is 2. The number of benzene rings is 1. The summed E-state index contributed by atoms with van der Waals surface area (Å²) < 4.78 is 0. The van der Waals surface area contributed by atoms with E-state index in [9.17, 15) is 14.9 Å². The molecule has 98 valence electrons. The van der Waals surface area contributed by atoms with Crippen LogP contribution in [0.2, 0.25) is 5.02 Å². The monoisotopic (exact) mass is 271 g/mol. The van der Waals surface area contributed by atoms with E-state index in [1.54, 1.807) is 13.8 Å². The van der Waals surface area contributed by atoms with Gasteiger partial charge < -0.3 is 11.1 Å². The second kappa shape index (κ2) is 5.32. The molecule has 1 rings (SSSR count). The molecule has 6 nitrogen and oxygen atoms in total. The molecule has 0 unspecified atom stereocenters. The van der Waals surface area contributed by atoms with Gasteiger partial charge in [-0.1, -0.05) is 11.6 Å². The van der Waals surface area contributed by atoms with Crippen LogP contribution in [0.15, 0.2) is 18.2 Å². The predicted octanol–water partition coefficient (Wildman–Crippen LogP) is 1.72. The molecule has 1 aromatic carbocycles. The van der Waals surface area contributed by atoms with Gasteiger partial charge in [0.1, 0.15) is 0 Å². The first-order valence-electron chi connectivity index (χ1n) is 5.23. The SMILES string of the molecule is CC(C)(CN)NC(=O)c1cc([N+](=O)[O-])ccc1Cl. The third-order valence-electron chi connectivity index (χ3n) is 2.37. The normalized spacial score (nSPS) is 11.1.